The Labute approximate surface area is 138 Å². The maximum Gasteiger partial charge on any atom is 0.223 e. The monoisotopic (exact) mass is 325 g/mol. The minimum atomic E-state index is -0.138. The van der Waals surface area contributed by atoms with Crippen LogP contribution < -0.4 is 10.1 Å². The fourth-order valence-electron chi connectivity index (χ4n) is 2.17. The molecule has 0 atom stereocenters. The van der Waals surface area contributed by atoms with E-state index < -0.39 is 0 Å². The van der Waals surface area contributed by atoms with Gasteiger partial charge in [0.25, 0.3) is 0 Å². The van der Waals surface area contributed by atoms with Crippen LogP contribution in [0.4, 0.5) is 5.13 Å². The van der Waals surface area contributed by atoms with Crippen LogP contribution in [-0.4, -0.2) is 23.0 Å². The molecule has 0 aliphatic rings. The standard InChI is InChI=1S/C17H15N3O2S/c1-11(21)19-17-20-15(12-3-5-14(22-2)6-4-12)16(23-17)13-7-9-18-10-8-13/h3-10H,1-2H3,(H,19,20,21). The van der Waals surface area contributed by atoms with Gasteiger partial charge in [0.05, 0.1) is 17.7 Å². The second-order valence-corrected chi connectivity index (χ2v) is 5.84. The maximum absolute atomic E-state index is 11.3. The van der Waals surface area contributed by atoms with Crippen molar-refractivity contribution in [1.29, 1.82) is 0 Å². The van der Waals surface area contributed by atoms with E-state index in [-0.39, 0.29) is 5.91 Å². The molecule has 1 aromatic carbocycles. The van der Waals surface area contributed by atoms with Gasteiger partial charge in [0.1, 0.15) is 5.75 Å². The number of amides is 1. The summed E-state index contributed by atoms with van der Waals surface area (Å²) in [6.45, 7) is 1.47. The van der Waals surface area contributed by atoms with Crippen molar-refractivity contribution in [2.24, 2.45) is 0 Å². The van der Waals surface area contributed by atoms with Crippen molar-refractivity contribution in [1.82, 2.24) is 9.97 Å². The zero-order chi connectivity index (χ0) is 16.2. The van der Waals surface area contributed by atoms with Crippen LogP contribution in [0.15, 0.2) is 48.8 Å². The number of benzene rings is 1. The van der Waals surface area contributed by atoms with Crippen LogP contribution in [0.1, 0.15) is 6.92 Å². The third-order valence-electron chi connectivity index (χ3n) is 3.22. The van der Waals surface area contributed by atoms with E-state index in [4.69, 9.17) is 4.74 Å². The summed E-state index contributed by atoms with van der Waals surface area (Å²) in [6, 6.07) is 11.6. The molecule has 0 aliphatic heterocycles. The third kappa shape index (κ3) is 3.37. The zero-order valence-electron chi connectivity index (χ0n) is 12.7. The molecule has 0 unspecified atom stereocenters. The normalized spacial score (nSPS) is 10.3. The number of thiazole rings is 1. The van der Waals surface area contributed by atoms with Crippen molar-refractivity contribution in [2.75, 3.05) is 12.4 Å². The summed E-state index contributed by atoms with van der Waals surface area (Å²) in [5.41, 5.74) is 2.80. The lowest BCUT2D eigenvalue weighted by Crippen LogP contribution is -2.04. The van der Waals surface area contributed by atoms with Gasteiger partial charge in [-0.3, -0.25) is 9.78 Å². The zero-order valence-corrected chi connectivity index (χ0v) is 13.6. The van der Waals surface area contributed by atoms with E-state index in [1.165, 1.54) is 18.3 Å². The Morgan fingerprint density at radius 1 is 1.09 bits per heavy atom. The lowest BCUT2D eigenvalue weighted by molar-refractivity contribution is -0.114. The Bertz CT molecular complexity index is 814. The summed E-state index contributed by atoms with van der Waals surface area (Å²) in [4.78, 5) is 20.9. The second-order valence-electron chi connectivity index (χ2n) is 4.84. The van der Waals surface area contributed by atoms with Crippen LogP contribution >= 0.6 is 11.3 Å². The first-order valence-electron chi connectivity index (χ1n) is 7.00. The van der Waals surface area contributed by atoms with Crippen LogP contribution in [0.5, 0.6) is 5.75 Å². The van der Waals surface area contributed by atoms with Gasteiger partial charge in [-0.15, -0.1) is 0 Å². The molecule has 6 heteroatoms. The predicted octanol–water partition coefficient (Wildman–Crippen LogP) is 3.84. The molecule has 2 aromatic heterocycles. The third-order valence-corrected chi connectivity index (χ3v) is 4.24. The Hall–Kier alpha value is -2.73. The minimum absolute atomic E-state index is 0.138. The lowest BCUT2D eigenvalue weighted by Gasteiger charge is -2.04. The molecule has 2 heterocycles. The molecule has 3 aromatic rings. The summed E-state index contributed by atoms with van der Waals surface area (Å²) in [5.74, 6) is 0.651. The number of carbonyl (C=O) groups is 1. The summed E-state index contributed by atoms with van der Waals surface area (Å²) < 4.78 is 5.19. The van der Waals surface area contributed by atoms with Crippen LogP contribution in [0.3, 0.4) is 0 Å². The van der Waals surface area contributed by atoms with Gasteiger partial charge in [0, 0.05) is 24.9 Å². The van der Waals surface area contributed by atoms with Crippen LogP contribution in [0, 0.1) is 0 Å². The number of aromatic nitrogens is 2. The Kier molecular flexibility index (Phi) is 4.34. The number of anilines is 1. The first-order chi connectivity index (χ1) is 11.2. The van der Waals surface area contributed by atoms with Crippen LogP contribution in [-0.2, 0) is 4.79 Å². The molecule has 23 heavy (non-hydrogen) atoms. The molecule has 5 nitrogen and oxygen atoms in total. The van der Waals surface area contributed by atoms with E-state index in [1.807, 2.05) is 36.4 Å². The molecule has 0 saturated carbocycles. The summed E-state index contributed by atoms with van der Waals surface area (Å²) in [7, 11) is 1.63. The molecule has 0 saturated heterocycles. The molecule has 1 N–H and O–H groups in total. The summed E-state index contributed by atoms with van der Waals surface area (Å²) in [5, 5.41) is 3.33. The molecule has 116 valence electrons. The minimum Gasteiger partial charge on any atom is -0.497 e. The number of carbonyl (C=O) groups excluding carboxylic acids is 1. The number of rotatable bonds is 4. The molecular weight excluding hydrogens is 310 g/mol. The van der Waals surface area contributed by atoms with Gasteiger partial charge in [-0.1, -0.05) is 11.3 Å². The molecule has 3 rings (SSSR count). The van der Waals surface area contributed by atoms with E-state index in [0.717, 1.165) is 27.4 Å². The maximum atomic E-state index is 11.3. The highest BCUT2D eigenvalue weighted by Gasteiger charge is 2.15. The summed E-state index contributed by atoms with van der Waals surface area (Å²) >= 11 is 1.44. The number of methoxy groups -OCH3 is 1. The van der Waals surface area contributed by atoms with Gasteiger partial charge in [0.2, 0.25) is 5.91 Å². The number of hydrogen-bond acceptors (Lipinski definition) is 5. The smallest absolute Gasteiger partial charge is 0.223 e. The van der Waals surface area contributed by atoms with Gasteiger partial charge < -0.3 is 10.1 Å². The molecule has 0 bridgehead atoms. The van der Waals surface area contributed by atoms with Crippen LogP contribution in [0.25, 0.3) is 21.7 Å². The largest absolute Gasteiger partial charge is 0.497 e. The highest BCUT2D eigenvalue weighted by Crippen LogP contribution is 2.39. The van der Waals surface area contributed by atoms with Gasteiger partial charge in [-0.2, -0.15) is 0 Å². The topological polar surface area (TPSA) is 64.1 Å². The van der Waals surface area contributed by atoms with E-state index in [2.05, 4.69) is 15.3 Å². The Balaban J connectivity index is 2.09. The fraction of sp³-hybridized carbons (Fsp3) is 0.118. The lowest BCUT2D eigenvalue weighted by atomic mass is 10.1. The molecule has 1 amide bonds. The first-order valence-corrected chi connectivity index (χ1v) is 7.82. The van der Waals surface area contributed by atoms with Crippen molar-refractivity contribution in [3.63, 3.8) is 0 Å². The molecule has 0 spiro atoms. The van der Waals surface area contributed by atoms with Crippen molar-refractivity contribution >= 4 is 22.4 Å². The van der Waals surface area contributed by atoms with Gasteiger partial charge in [0.15, 0.2) is 5.13 Å². The van der Waals surface area contributed by atoms with Gasteiger partial charge in [-0.05, 0) is 42.0 Å². The molecule has 0 fully saturated rings. The van der Waals surface area contributed by atoms with Crippen molar-refractivity contribution < 1.29 is 9.53 Å². The molecule has 0 aliphatic carbocycles. The van der Waals surface area contributed by atoms with E-state index in [1.54, 1.807) is 19.5 Å². The second kappa shape index (κ2) is 6.58. The van der Waals surface area contributed by atoms with Gasteiger partial charge in [-0.25, -0.2) is 4.98 Å². The summed E-state index contributed by atoms with van der Waals surface area (Å²) in [6.07, 6.45) is 3.48. The average Bonchev–Trinajstić information content (AvgIpc) is 2.99. The van der Waals surface area contributed by atoms with E-state index >= 15 is 0 Å². The fourth-order valence-corrected chi connectivity index (χ4v) is 3.21. The van der Waals surface area contributed by atoms with Crippen molar-refractivity contribution in [2.45, 2.75) is 6.92 Å². The number of nitrogens with one attached hydrogen (secondary N) is 1. The predicted molar refractivity (Wildman–Crippen MR) is 91.6 cm³/mol. The quantitative estimate of drug-likeness (QED) is 0.791. The molecular formula is C17H15N3O2S. The average molecular weight is 325 g/mol. The van der Waals surface area contributed by atoms with Crippen molar-refractivity contribution in [3.05, 3.63) is 48.8 Å². The number of pyridine rings is 1. The highest BCUT2D eigenvalue weighted by atomic mass is 32.1. The Morgan fingerprint density at radius 3 is 2.39 bits per heavy atom. The number of nitrogens with zero attached hydrogens (tertiary/aromatic N) is 2. The molecule has 0 radical (unpaired) electrons. The number of ether oxygens (including phenoxy) is 1. The first kappa shape index (κ1) is 15.2. The SMILES string of the molecule is COc1ccc(-c2nc(NC(C)=O)sc2-c2ccncc2)cc1. The van der Waals surface area contributed by atoms with Crippen LogP contribution in [0.2, 0.25) is 0 Å². The number of hydrogen-bond donors (Lipinski definition) is 1. The van der Waals surface area contributed by atoms with Gasteiger partial charge >= 0.3 is 0 Å². The van der Waals surface area contributed by atoms with E-state index in [9.17, 15) is 4.79 Å². The van der Waals surface area contributed by atoms with E-state index in [0.29, 0.717) is 5.13 Å². The van der Waals surface area contributed by atoms with Crippen molar-refractivity contribution in [3.8, 4) is 27.4 Å². The highest BCUT2D eigenvalue weighted by molar-refractivity contribution is 7.19. The Morgan fingerprint density at radius 2 is 1.78 bits per heavy atom.